The second kappa shape index (κ2) is 52.2. The number of esters is 4. The molecule has 0 bridgehead atoms. The maximum Gasteiger partial charge on any atom is 0.472 e. The van der Waals surface area contributed by atoms with Gasteiger partial charge in [-0.1, -0.05) is 234 Å². The first-order valence-corrected chi connectivity index (χ1v) is 33.6. The number of hydrogen-bond acceptors (Lipinski definition) is 15. The van der Waals surface area contributed by atoms with Gasteiger partial charge in [0.15, 0.2) is 12.2 Å². The van der Waals surface area contributed by atoms with Gasteiger partial charge in [-0.15, -0.1) is 0 Å². The quantitative estimate of drug-likeness (QED) is 0.0222. The largest absolute Gasteiger partial charge is 0.472 e. The molecular weight excluding hydrogens is 1030 g/mol. The van der Waals surface area contributed by atoms with Crippen LogP contribution in [0.5, 0.6) is 0 Å². The van der Waals surface area contributed by atoms with E-state index in [0.29, 0.717) is 25.7 Å². The number of phosphoric acid groups is 2. The van der Waals surface area contributed by atoms with Gasteiger partial charge in [0.25, 0.3) is 0 Å². The molecule has 77 heavy (non-hydrogen) atoms. The minimum Gasteiger partial charge on any atom is -0.462 e. The van der Waals surface area contributed by atoms with Gasteiger partial charge < -0.3 is 33.8 Å². The Labute approximate surface area is 467 Å². The summed E-state index contributed by atoms with van der Waals surface area (Å²) in [5, 5.41) is 10.5. The Morgan fingerprint density at radius 1 is 0.351 bits per heavy atom. The van der Waals surface area contributed by atoms with E-state index in [-0.39, 0.29) is 25.7 Å². The Kier molecular flexibility index (Phi) is 50.8. The summed E-state index contributed by atoms with van der Waals surface area (Å²) in [4.78, 5) is 71.4. The molecule has 456 valence electrons. The van der Waals surface area contributed by atoms with Crippen LogP contribution in [0.1, 0.15) is 285 Å². The van der Waals surface area contributed by atoms with E-state index < -0.39 is 97.5 Å². The molecule has 0 aliphatic rings. The van der Waals surface area contributed by atoms with Gasteiger partial charge in [0.05, 0.1) is 26.4 Å². The zero-order chi connectivity index (χ0) is 57.1. The number of aliphatic hydroxyl groups is 1. The van der Waals surface area contributed by atoms with Crippen LogP contribution in [0, 0.1) is 5.92 Å². The van der Waals surface area contributed by atoms with Crippen LogP contribution in [0.3, 0.4) is 0 Å². The van der Waals surface area contributed by atoms with E-state index in [0.717, 1.165) is 102 Å². The summed E-state index contributed by atoms with van der Waals surface area (Å²) in [6.45, 7) is 6.93. The van der Waals surface area contributed by atoms with Crippen molar-refractivity contribution >= 4 is 39.5 Å². The van der Waals surface area contributed by atoms with E-state index in [2.05, 4.69) is 34.6 Å². The lowest BCUT2D eigenvalue weighted by Gasteiger charge is -2.21. The molecule has 0 aromatic rings. The number of carbonyl (C=O) groups is 4. The predicted octanol–water partition coefficient (Wildman–Crippen LogP) is 15.5. The van der Waals surface area contributed by atoms with Crippen molar-refractivity contribution in [3.63, 3.8) is 0 Å². The summed E-state index contributed by atoms with van der Waals surface area (Å²) in [6, 6.07) is 0. The van der Waals surface area contributed by atoms with Crippen LogP contribution in [0.2, 0.25) is 0 Å². The molecule has 19 heteroatoms. The Morgan fingerprint density at radius 3 is 0.883 bits per heavy atom. The van der Waals surface area contributed by atoms with Crippen molar-refractivity contribution in [2.24, 2.45) is 5.92 Å². The van der Waals surface area contributed by atoms with Gasteiger partial charge in [-0.05, 0) is 31.6 Å². The van der Waals surface area contributed by atoms with E-state index in [4.69, 9.17) is 37.0 Å². The third kappa shape index (κ3) is 53.2. The van der Waals surface area contributed by atoms with Crippen molar-refractivity contribution in [2.45, 2.75) is 303 Å². The van der Waals surface area contributed by atoms with Gasteiger partial charge in [-0.25, -0.2) is 9.13 Å². The molecule has 0 saturated carbocycles. The first-order chi connectivity index (χ1) is 37.0. The van der Waals surface area contributed by atoms with Crippen molar-refractivity contribution < 1.29 is 80.2 Å². The van der Waals surface area contributed by atoms with Crippen molar-refractivity contribution in [3.8, 4) is 0 Å². The van der Waals surface area contributed by atoms with Crippen LogP contribution in [0.15, 0.2) is 0 Å². The third-order valence-corrected chi connectivity index (χ3v) is 15.2. The van der Waals surface area contributed by atoms with Crippen LogP contribution >= 0.6 is 15.6 Å². The Balaban J connectivity index is 5.11. The number of phosphoric ester groups is 2. The molecule has 0 aromatic heterocycles. The van der Waals surface area contributed by atoms with Crippen LogP contribution in [0.4, 0.5) is 0 Å². The fraction of sp³-hybridized carbons (Fsp3) is 0.931. The van der Waals surface area contributed by atoms with Crippen molar-refractivity contribution in [1.29, 1.82) is 0 Å². The molecule has 2 unspecified atom stereocenters. The maximum absolute atomic E-state index is 12.9. The first kappa shape index (κ1) is 75.1. The van der Waals surface area contributed by atoms with Crippen molar-refractivity contribution in [1.82, 2.24) is 0 Å². The van der Waals surface area contributed by atoms with Crippen LogP contribution in [0.25, 0.3) is 0 Å². The molecule has 0 aliphatic heterocycles. The van der Waals surface area contributed by atoms with E-state index in [1.54, 1.807) is 0 Å². The minimum atomic E-state index is -4.93. The van der Waals surface area contributed by atoms with E-state index in [1.165, 1.54) is 103 Å². The molecule has 0 heterocycles. The highest BCUT2D eigenvalue weighted by Crippen LogP contribution is 2.45. The molecule has 5 atom stereocenters. The van der Waals surface area contributed by atoms with Crippen LogP contribution in [-0.4, -0.2) is 96.7 Å². The summed E-state index contributed by atoms with van der Waals surface area (Å²) >= 11 is 0. The van der Waals surface area contributed by atoms with Gasteiger partial charge in [0.2, 0.25) is 0 Å². The SMILES string of the molecule is CCCCCCCCCCCCCCCCCCC(=O)O[C@H](COC(=O)CCCCCCCCCCC(C)C)COP(=O)(O)OC[C@@H](O)COP(=O)(O)OC[C@@H](COC(=O)CCCCCCC)OC(=O)CCCCCCC. The van der Waals surface area contributed by atoms with Gasteiger partial charge in [0, 0.05) is 25.7 Å². The summed E-state index contributed by atoms with van der Waals surface area (Å²) in [6.07, 6.45) is 34.3. The van der Waals surface area contributed by atoms with Crippen molar-refractivity contribution in [3.05, 3.63) is 0 Å². The zero-order valence-corrected chi connectivity index (χ0v) is 50.9. The summed E-state index contributed by atoms with van der Waals surface area (Å²) in [5.41, 5.74) is 0. The van der Waals surface area contributed by atoms with E-state index >= 15 is 0 Å². The van der Waals surface area contributed by atoms with E-state index in [9.17, 15) is 43.2 Å². The maximum atomic E-state index is 12.9. The molecule has 0 saturated heterocycles. The lowest BCUT2D eigenvalue weighted by molar-refractivity contribution is -0.161. The highest BCUT2D eigenvalue weighted by molar-refractivity contribution is 7.47. The topological polar surface area (TPSA) is 237 Å². The van der Waals surface area contributed by atoms with Crippen molar-refractivity contribution in [2.75, 3.05) is 39.6 Å². The summed E-state index contributed by atoms with van der Waals surface area (Å²) < 4.78 is 67.3. The lowest BCUT2D eigenvalue weighted by Crippen LogP contribution is -2.30. The molecule has 0 spiro atoms. The third-order valence-electron chi connectivity index (χ3n) is 13.3. The first-order valence-electron chi connectivity index (χ1n) is 30.6. The molecule has 0 aromatic carbocycles. The number of carbonyl (C=O) groups excluding carboxylic acids is 4. The number of aliphatic hydroxyl groups excluding tert-OH is 1. The number of ether oxygens (including phenoxy) is 4. The van der Waals surface area contributed by atoms with Crippen LogP contribution < -0.4 is 0 Å². The summed E-state index contributed by atoms with van der Waals surface area (Å²) in [7, 11) is -9.85. The smallest absolute Gasteiger partial charge is 0.462 e. The summed E-state index contributed by atoms with van der Waals surface area (Å²) in [5.74, 6) is -1.44. The second-order valence-corrected chi connectivity index (χ2v) is 24.4. The molecule has 0 aliphatic carbocycles. The normalized spacial score (nSPS) is 14.4. The van der Waals surface area contributed by atoms with Crippen LogP contribution in [-0.2, 0) is 65.4 Å². The standard InChI is InChI=1S/C58H112O17P2/c1-6-9-12-15-16-17-18-19-20-21-22-23-24-29-34-39-44-58(63)75-54(48-69-56(61)42-37-33-28-26-25-27-32-35-40-51(4)5)50-73-77(66,67)71-46-52(59)45-70-76(64,65)72-49-53(74-57(62)43-38-31-14-11-8-3)47-68-55(60)41-36-30-13-10-7-2/h51-54,59H,6-50H2,1-5H3,(H,64,65)(H,66,67)/t52-,53+,54+/m0/s1. The molecule has 17 nitrogen and oxygen atoms in total. The molecule has 0 rings (SSSR count). The molecule has 0 fully saturated rings. The van der Waals surface area contributed by atoms with E-state index in [1.807, 2.05) is 0 Å². The fourth-order valence-electron chi connectivity index (χ4n) is 8.52. The highest BCUT2D eigenvalue weighted by Gasteiger charge is 2.30. The number of hydrogen-bond donors (Lipinski definition) is 3. The molecule has 0 amide bonds. The lowest BCUT2D eigenvalue weighted by atomic mass is 10.0. The average molecular weight is 1140 g/mol. The monoisotopic (exact) mass is 1140 g/mol. The second-order valence-electron chi connectivity index (χ2n) is 21.5. The molecule has 3 N–H and O–H groups in total. The number of rotatable bonds is 58. The average Bonchev–Trinajstić information content (AvgIpc) is 3.39. The number of unbranched alkanes of at least 4 members (excludes halogenated alkanes) is 30. The Hall–Kier alpha value is -1.94. The van der Waals surface area contributed by atoms with Gasteiger partial charge >= 0.3 is 39.5 Å². The highest BCUT2D eigenvalue weighted by atomic mass is 31.2. The zero-order valence-electron chi connectivity index (χ0n) is 49.1. The molecule has 0 radical (unpaired) electrons. The fourth-order valence-corrected chi connectivity index (χ4v) is 10.1. The Morgan fingerprint density at radius 2 is 0.597 bits per heavy atom. The minimum absolute atomic E-state index is 0.0987. The predicted molar refractivity (Wildman–Crippen MR) is 303 cm³/mol. The van der Waals surface area contributed by atoms with Gasteiger partial charge in [0.1, 0.15) is 19.3 Å². The molecular formula is C58H112O17P2. The Bertz CT molecular complexity index is 1520. The van der Waals surface area contributed by atoms with Gasteiger partial charge in [-0.3, -0.25) is 37.3 Å². The van der Waals surface area contributed by atoms with Gasteiger partial charge in [-0.2, -0.15) is 0 Å².